The van der Waals surface area contributed by atoms with Crippen molar-refractivity contribution in [2.45, 2.75) is 137 Å². The molecule has 67 heavy (non-hydrogen) atoms. The number of esters is 1. The molecule has 16 heteroatoms. The molecule has 3 aromatic rings. The van der Waals surface area contributed by atoms with Crippen LogP contribution in [0.25, 0.3) is 27.7 Å². The largest absolute Gasteiger partial charge is 0.480 e. The number of hydrogen-bond donors (Lipinski definition) is 3. The number of anilines is 1. The molecule has 3 saturated heterocycles. The van der Waals surface area contributed by atoms with E-state index in [1.165, 1.54) is 37.7 Å². The number of carboxylic acid groups (broad SMARTS) is 1. The number of benzene rings is 1. The molecule has 3 fully saturated rings. The summed E-state index contributed by atoms with van der Waals surface area (Å²) in [5.74, 6) is -1.76. The van der Waals surface area contributed by atoms with Crippen LogP contribution in [0.5, 0.6) is 0 Å². The minimum absolute atomic E-state index is 0.194. The molecule has 0 spiro atoms. The summed E-state index contributed by atoms with van der Waals surface area (Å²) in [6.07, 6.45) is 9.28. The van der Waals surface area contributed by atoms with Gasteiger partial charge in [0, 0.05) is 94.3 Å². The number of aryl methyl sites for hydroxylation is 1. The average Bonchev–Trinajstić information content (AvgIpc) is 3.60. The molecule has 1 aromatic carbocycles. The lowest BCUT2D eigenvalue weighted by molar-refractivity contribution is -0.148. The van der Waals surface area contributed by atoms with Crippen molar-refractivity contribution in [2.75, 3.05) is 71.0 Å². The molecule has 16 nitrogen and oxygen atoms in total. The number of pyridine rings is 1. The molecule has 4 aliphatic rings. The Labute approximate surface area is 396 Å². The molecule has 0 saturated carbocycles. The van der Waals surface area contributed by atoms with E-state index in [0.717, 1.165) is 76.3 Å². The number of carbonyl (C=O) groups excluding carboxylic acids is 3. The zero-order valence-electron chi connectivity index (χ0n) is 41.3. The summed E-state index contributed by atoms with van der Waals surface area (Å²) in [6.45, 7) is 22.0. The Kier molecular flexibility index (Phi) is 15.7. The first-order valence-electron chi connectivity index (χ1n) is 24.4. The number of alkyl carbamates (subject to hydrolysis) is 1. The van der Waals surface area contributed by atoms with Crippen LogP contribution in [0.15, 0.2) is 36.5 Å². The number of ether oxygens (including phenoxy) is 3. The molecule has 3 unspecified atom stereocenters. The Morgan fingerprint density at radius 1 is 1.00 bits per heavy atom. The second kappa shape index (κ2) is 21.1. The maximum atomic E-state index is 14.1. The smallest absolute Gasteiger partial charge is 0.408 e. The number of carbonyl (C=O) groups is 4. The summed E-state index contributed by atoms with van der Waals surface area (Å²) in [6, 6.07) is 7.63. The van der Waals surface area contributed by atoms with Gasteiger partial charge in [-0.3, -0.25) is 34.2 Å². The summed E-state index contributed by atoms with van der Waals surface area (Å²) in [5.41, 5.74) is 10.1. The van der Waals surface area contributed by atoms with Gasteiger partial charge in [0.25, 0.3) is 5.91 Å². The standard InChI is InChI=1S/C51H74N8O8/c1-10-58-44-19-18-35(36-15-13-20-55(29-36)31-43(53-49(64)67-50(4,5)6)47(61)59-22-14-17-42(54-59)48(62)63)25-39(44)41(27-51(7,8)32-66-34(3)60)46(58)40-26-38(28-52-45(40)33(2)65-9)57-24-23-56-21-12-11-16-37(56)30-57/h15,18-19,25-26,28,33,37,42-43,54H,10-14,16-17,20-24,27,29-32H2,1-9H3,(H,53,64)(H,62,63)/t33-,37?,42?,43?/m0/s1. The third-order valence-corrected chi connectivity index (χ3v) is 13.7. The fourth-order valence-electron chi connectivity index (χ4n) is 10.3. The van der Waals surface area contributed by atoms with E-state index in [4.69, 9.17) is 19.2 Å². The van der Waals surface area contributed by atoms with Crippen molar-refractivity contribution in [3.8, 4) is 11.3 Å². The highest BCUT2D eigenvalue weighted by Gasteiger charge is 2.36. The first-order chi connectivity index (χ1) is 31.8. The van der Waals surface area contributed by atoms with E-state index < -0.39 is 41.1 Å². The highest BCUT2D eigenvalue weighted by Crippen LogP contribution is 2.43. The number of nitrogens with one attached hydrogen (secondary N) is 2. The van der Waals surface area contributed by atoms with E-state index in [2.05, 4.69) is 81.1 Å². The highest BCUT2D eigenvalue weighted by atomic mass is 16.6. The molecule has 0 aliphatic carbocycles. The van der Waals surface area contributed by atoms with Crippen LogP contribution in [0, 0.1) is 5.41 Å². The van der Waals surface area contributed by atoms with Gasteiger partial charge in [-0.1, -0.05) is 32.4 Å². The van der Waals surface area contributed by atoms with Crippen LogP contribution in [0.2, 0.25) is 0 Å². The number of aromatic nitrogens is 2. The van der Waals surface area contributed by atoms with Crippen LogP contribution in [-0.2, 0) is 41.6 Å². The quantitative estimate of drug-likeness (QED) is 0.136. The van der Waals surface area contributed by atoms with E-state index in [9.17, 15) is 24.3 Å². The summed E-state index contributed by atoms with van der Waals surface area (Å²) in [4.78, 5) is 63.8. The molecule has 6 heterocycles. The van der Waals surface area contributed by atoms with Crippen LogP contribution >= 0.6 is 0 Å². The zero-order valence-corrected chi connectivity index (χ0v) is 41.3. The molecule has 3 N–H and O–H groups in total. The topological polar surface area (TPSA) is 171 Å². The molecular formula is C51H74N8O8. The summed E-state index contributed by atoms with van der Waals surface area (Å²) < 4.78 is 19.7. The first kappa shape index (κ1) is 49.9. The number of piperidine rings is 1. The van der Waals surface area contributed by atoms with Crippen molar-refractivity contribution in [2.24, 2.45) is 5.41 Å². The Bertz CT molecular complexity index is 2320. The van der Waals surface area contributed by atoms with Gasteiger partial charge in [0.2, 0.25) is 0 Å². The fraction of sp³-hybridized carbons (Fsp3) is 0.627. The Morgan fingerprint density at radius 2 is 1.79 bits per heavy atom. The molecule has 0 radical (unpaired) electrons. The molecular weight excluding hydrogens is 853 g/mol. The van der Waals surface area contributed by atoms with Gasteiger partial charge in [-0.05, 0) is 115 Å². The van der Waals surface area contributed by atoms with Crippen molar-refractivity contribution >= 4 is 46.1 Å². The summed E-state index contributed by atoms with van der Waals surface area (Å²) >= 11 is 0. The third-order valence-electron chi connectivity index (χ3n) is 13.7. The Morgan fingerprint density at radius 3 is 2.51 bits per heavy atom. The van der Waals surface area contributed by atoms with Crippen LogP contribution < -0.4 is 15.6 Å². The van der Waals surface area contributed by atoms with E-state index in [1.54, 1.807) is 27.9 Å². The van der Waals surface area contributed by atoms with Gasteiger partial charge in [0.05, 0.1) is 36.0 Å². The molecule has 4 atom stereocenters. The lowest BCUT2D eigenvalue weighted by Crippen LogP contribution is -2.62. The van der Waals surface area contributed by atoms with E-state index in [0.29, 0.717) is 51.5 Å². The Hall–Kier alpha value is -5.03. The van der Waals surface area contributed by atoms with E-state index >= 15 is 0 Å². The van der Waals surface area contributed by atoms with Gasteiger partial charge in [-0.25, -0.2) is 10.2 Å². The number of amides is 2. The summed E-state index contributed by atoms with van der Waals surface area (Å²) in [7, 11) is 1.73. The van der Waals surface area contributed by atoms with Gasteiger partial charge in [0.1, 0.15) is 17.7 Å². The van der Waals surface area contributed by atoms with Crippen LogP contribution in [0.1, 0.15) is 117 Å². The predicted octanol–water partition coefficient (Wildman–Crippen LogP) is 6.80. The monoisotopic (exact) mass is 927 g/mol. The zero-order chi connectivity index (χ0) is 48.2. The second-order valence-corrected chi connectivity index (χ2v) is 20.7. The van der Waals surface area contributed by atoms with E-state index in [-0.39, 0.29) is 25.2 Å². The minimum atomic E-state index is -1.03. The number of nitrogens with zero attached hydrogens (tertiary/aromatic N) is 6. The normalized spacial score (nSPS) is 20.8. The first-order valence-corrected chi connectivity index (χ1v) is 24.4. The number of hydrazine groups is 1. The number of piperazine rings is 1. The molecule has 7 rings (SSSR count). The molecule has 2 amide bonds. The molecule has 0 bridgehead atoms. The van der Waals surface area contributed by atoms with Gasteiger partial charge in [-0.15, -0.1) is 0 Å². The predicted molar refractivity (Wildman–Crippen MR) is 260 cm³/mol. The van der Waals surface area contributed by atoms with Crippen molar-refractivity contribution in [3.05, 3.63) is 53.4 Å². The molecule has 4 aliphatic heterocycles. The van der Waals surface area contributed by atoms with Gasteiger partial charge in [-0.2, -0.15) is 0 Å². The fourth-order valence-corrected chi connectivity index (χ4v) is 10.3. The van der Waals surface area contributed by atoms with Crippen LogP contribution in [0.4, 0.5) is 10.5 Å². The van der Waals surface area contributed by atoms with Gasteiger partial charge in [0.15, 0.2) is 0 Å². The summed E-state index contributed by atoms with van der Waals surface area (Å²) in [5, 5.41) is 15.0. The van der Waals surface area contributed by atoms with Crippen molar-refractivity contribution < 1.29 is 38.5 Å². The Balaban J connectivity index is 1.26. The maximum absolute atomic E-state index is 14.1. The number of rotatable bonds is 15. The maximum Gasteiger partial charge on any atom is 0.408 e. The lowest BCUT2D eigenvalue weighted by atomic mass is 9.84. The SMILES string of the molecule is CCn1c(-c2cc(N3CCN4CCCCC4C3)cnc2[C@H](C)OC)c(CC(C)(C)COC(C)=O)c2cc(C3=CCCN(CC(NC(=O)OC(C)(C)C)C(=O)N4CCCC(C(=O)O)N4)C3)ccc21. The van der Waals surface area contributed by atoms with Crippen LogP contribution in [-0.4, -0.2) is 143 Å². The second-order valence-electron chi connectivity index (χ2n) is 20.7. The average molecular weight is 927 g/mol. The van der Waals surface area contributed by atoms with Gasteiger partial charge < -0.3 is 34.1 Å². The van der Waals surface area contributed by atoms with Crippen LogP contribution in [0.3, 0.4) is 0 Å². The van der Waals surface area contributed by atoms with Crippen molar-refractivity contribution in [3.63, 3.8) is 0 Å². The van der Waals surface area contributed by atoms with Crippen molar-refractivity contribution in [1.82, 2.24) is 35.1 Å². The highest BCUT2D eigenvalue weighted by molar-refractivity contribution is 5.95. The number of aliphatic carboxylic acids is 1. The number of hydrogen-bond acceptors (Lipinski definition) is 12. The third kappa shape index (κ3) is 12.0. The molecule has 2 aromatic heterocycles. The number of carboxylic acids is 1. The van der Waals surface area contributed by atoms with E-state index in [1.807, 2.05) is 13.1 Å². The number of fused-ring (bicyclic) bond motifs is 2. The lowest BCUT2D eigenvalue weighted by Gasteiger charge is -2.45. The van der Waals surface area contributed by atoms with Crippen molar-refractivity contribution in [1.29, 1.82) is 0 Å². The molecule has 366 valence electrons. The number of methoxy groups -OCH3 is 1. The van der Waals surface area contributed by atoms with Gasteiger partial charge >= 0.3 is 18.0 Å². The minimum Gasteiger partial charge on any atom is -0.480 e.